The third-order valence-electron chi connectivity index (χ3n) is 2.55. The maximum absolute atomic E-state index is 11.7. The molecule has 0 radical (unpaired) electrons. The van der Waals surface area contributed by atoms with E-state index < -0.39 is 12.1 Å². The van der Waals surface area contributed by atoms with Gasteiger partial charge in [-0.05, 0) is 31.2 Å². The van der Waals surface area contributed by atoms with E-state index >= 15 is 0 Å². The lowest BCUT2D eigenvalue weighted by Gasteiger charge is -2.09. The van der Waals surface area contributed by atoms with Crippen LogP contribution in [-0.2, 0) is 9.53 Å². The minimum absolute atomic E-state index is 0.0240. The first-order valence-corrected chi connectivity index (χ1v) is 5.41. The minimum atomic E-state index is -0.676. The summed E-state index contributed by atoms with van der Waals surface area (Å²) < 4.78 is 4.62. The second-order valence-corrected chi connectivity index (χ2v) is 3.92. The summed E-state index contributed by atoms with van der Waals surface area (Å²) in [6.45, 7) is 1.50. The molecule has 1 aliphatic rings. The Morgan fingerprint density at radius 1 is 1.33 bits per heavy atom. The largest absolute Gasteiger partial charge is 0.447 e. The number of amides is 2. The van der Waals surface area contributed by atoms with E-state index in [0.29, 0.717) is 11.3 Å². The zero-order chi connectivity index (χ0) is 13.1. The Hall–Kier alpha value is -2.37. The second kappa shape index (κ2) is 4.87. The van der Waals surface area contributed by atoms with E-state index in [1.807, 2.05) is 0 Å². The van der Waals surface area contributed by atoms with Crippen molar-refractivity contribution in [3.05, 3.63) is 29.8 Å². The highest BCUT2D eigenvalue weighted by Gasteiger charge is 2.28. The van der Waals surface area contributed by atoms with Crippen LogP contribution in [0, 0.1) is 0 Å². The summed E-state index contributed by atoms with van der Waals surface area (Å²) in [4.78, 5) is 33.6. The number of anilines is 1. The summed E-state index contributed by atoms with van der Waals surface area (Å²) in [5.41, 5.74) is 1.14. The van der Waals surface area contributed by atoms with Gasteiger partial charge in [0.15, 0.2) is 5.78 Å². The van der Waals surface area contributed by atoms with Gasteiger partial charge in [0.2, 0.25) is 0 Å². The molecule has 1 aliphatic heterocycles. The Bertz CT molecular complexity index is 495. The molecule has 0 saturated carbocycles. The third kappa shape index (κ3) is 2.65. The predicted octanol–water partition coefficient (Wildman–Crippen LogP) is 0.936. The Balaban J connectivity index is 1.99. The number of benzene rings is 1. The molecule has 0 aromatic heterocycles. The van der Waals surface area contributed by atoms with Gasteiger partial charge >= 0.3 is 6.09 Å². The summed E-state index contributed by atoms with van der Waals surface area (Å²) >= 11 is 0. The zero-order valence-corrected chi connectivity index (χ0v) is 9.73. The lowest BCUT2D eigenvalue weighted by atomic mass is 10.1. The normalized spacial score (nSPS) is 17.8. The maximum Gasteiger partial charge on any atom is 0.407 e. The smallest absolute Gasteiger partial charge is 0.407 e. The van der Waals surface area contributed by atoms with E-state index in [4.69, 9.17) is 0 Å². The van der Waals surface area contributed by atoms with Crippen LogP contribution >= 0.6 is 0 Å². The number of rotatable bonds is 3. The van der Waals surface area contributed by atoms with Crippen LogP contribution in [0.1, 0.15) is 17.3 Å². The van der Waals surface area contributed by atoms with Crippen molar-refractivity contribution in [2.45, 2.75) is 13.0 Å². The van der Waals surface area contributed by atoms with E-state index in [2.05, 4.69) is 15.4 Å². The van der Waals surface area contributed by atoms with Crippen LogP contribution in [0.4, 0.5) is 10.5 Å². The quantitative estimate of drug-likeness (QED) is 0.779. The molecule has 1 atom stereocenters. The zero-order valence-electron chi connectivity index (χ0n) is 9.73. The van der Waals surface area contributed by atoms with Gasteiger partial charge in [0.05, 0.1) is 0 Å². The number of ether oxygens (including phenoxy) is 1. The van der Waals surface area contributed by atoms with Gasteiger partial charge in [-0.15, -0.1) is 0 Å². The monoisotopic (exact) mass is 248 g/mol. The van der Waals surface area contributed by atoms with Gasteiger partial charge < -0.3 is 15.4 Å². The predicted molar refractivity (Wildman–Crippen MR) is 63.3 cm³/mol. The van der Waals surface area contributed by atoms with Gasteiger partial charge in [-0.25, -0.2) is 4.79 Å². The molecule has 2 rings (SSSR count). The molecule has 1 aromatic carbocycles. The van der Waals surface area contributed by atoms with Gasteiger partial charge in [0, 0.05) is 11.3 Å². The number of hydrogen-bond acceptors (Lipinski definition) is 4. The SMILES string of the molecule is CC(=O)c1ccc(NC(=O)C2COC(=O)N2)cc1. The Morgan fingerprint density at radius 3 is 2.50 bits per heavy atom. The van der Waals surface area contributed by atoms with E-state index in [1.165, 1.54) is 6.92 Å². The molecule has 0 aliphatic carbocycles. The summed E-state index contributed by atoms with van der Waals surface area (Å²) in [5, 5.41) is 5.00. The molecule has 6 nitrogen and oxygen atoms in total. The van der Waals surface area contributed by atoms with Crippen molar-refractivity contribution in [2.24, 2.45) is 0 Å². The lowest BCUT2D eigenvalue weighted by Crippen LogP contribution is -2.38. The molecule has 1 unspecified atom stereocenters. The van der Waals surface area contributed by atoms with Gasteiger partial charge in [0.1, 0.15) is 12.6 Å². The highest BCUT2D eigenvalue weighted by atomic mass is 16.6. The average molecular weight is 248 g/mol. The molecule has 18 heavy (non-hydrogen) atoms. The summed E-state index contributed by atoms with van der Waals surface area (Å²) in [6, 6.07) is 5.84. The van der Waals surface area contributed by atoms with Crippen LogP contribution in [0.2, 0.25) is 0 Å². The average Bonchev–Trinajstić information content (AvgIpc) is 2.76. The number of alkyl carbamates (subject to hydrolysis) is 1. The Kier molecular flexibility index (Phi) is 3.27. The van der Waals surface area contributed by atoms with Crippen LogP contribution in [0.3, 0.4) is 0 Å². The second-order valence-electron chi connectivity index (χ2n) is 3.92. The summed E-state index contributed by atoms with van der Waals surface area (Å²) in [6.07, 6.45) is -0.595. The first kappa shape index (κ1) is 12.1. The molecule has 1 fully saturated rings. The van der Waals surface area contributed by atoms with E-state index in [-0.39, 0.29) is 18.3 Å². The van der Waals surface area contributed by atoms with Crippen LogP contribution in [-0.4, -0.2) is 30.4 Å². The topological polar surface area (TPSA) is 84.5 Å². The van der Waals surface area contributed by atoms with Crippen molar-refractivity contribution in [3.63, 3.8) is 0 Å². The summed E-state index contributed by atoms with van der Waals surface area (Å²) in [5.74, 6) is -0.388. The van der Waals surface area contributed by atoms with E-state index in [0.717, 1.165) is 0 Å². The standard InChI is InChI=1S/C12H12N2O4/c1-7(15)8-2-4-9(5-3-8)13-11(16)10-6-18-12(17)14-10/h2-5,10H,6H2,1H3,(H,13,16)(H,14,17). The van der Waals surface area contributed by atoms with Gasteiger partial charge in [-0.3, -0.25) is 9.59 Å². The first-order valence-electron chi connectivity index (χ1n) is 5.41. The highest BCUT2D eigenvalue weighted by Crippen LogP contribution is 2.11. The fourth-order valence-electron chi connectivity index (χ4n) is 1.54. The fraction of sp³-hybridized carbons (Fsp3) is 0.250. The maximum atomic E-state index is 11.7. The number of hydrogen-bond donors (Lipinski definition) is 2. The van der Waals surface area contributed by atoms with Gasteiger partial charge in [0.25, 0.3) is 5.91 Å². The van der Waals surface area contributed by atoms with Crippen LogP contribution in [0.5, 0.6) is 0 Å². The van der Waals surface area contributed by atoms with Crippen molar-refractivity contribution < 1.29 is 19.1 Å². The minimum Gasteiger partial charge on any atom is -0.447 e. The molecular formula is C12H12N2O4. The highest BCUT2D eigenvalue weighted by molar-refractivity contribution is 5.98. The molecule has 1 saturated heterocycles. The Labute approximate surface area is 103 Å². The third-order valence-corrected chi connectivity index (χ3v) is 2.55. The van der Waals surface area contributed by atoms with Crippen molar-refractivity contribution >= 4 is 23.5 Å². The first-order chi connectivity index (χ1) is 8.56. The number of carbonyl (C=O) groups excluding carboxylic acids is 3. The molecular weight excluding hydrogens is 236 g/mol. The number of carbonyl (C=O) groups is 3. The molecule has 2 N–H and O–H groups in total. The van der Waals surface area contributed by atoms with Crippen molar-refractivity contribution in [1.82, 2.24) is 5.32 Å². The molecule has 1 heterocycles. The van der Waals surface area contributed by atoms with Gasteiger partial charge in [-0.1, -0.05) is 0 Å². The molecule has 2 amide bonds. The summed E-state index contributed by atoms with van der Waals surface area (Å²) in [7, 11) is 0. The van der Waals surface area contributed by atoms with Crippen molar-refractivity contribution in [2.75, 3.05) is 11.9 Å². The molecule has 6 heteroatoms. The molecule has 1 aromatic rings. The van der Waals surface area contributed by atoms with E-state index in [1.54, 1.807) is 24.3 Å². The Morgan fingerprint density at radius 2 is 2.00 bits per heavy atom. The number of nitrogens with one attached hydrogen (secondary N) is 2. The number of ketones is 1. The van der Waals surface area contributed by atoms with E-state index in [9.17, 15) is 14.4 Å². The number of Topliss-reactive ketones (excluding diaryl/α,β-unsaturated/α-hetero) is 1. The molecule has 0 bridgehead atoms. The van der Waals surface area contributed by atoms with Crippen LogP contribution in [0.15, 0.2) is 24.3 Å². The van der Waals surface area contributed by atoms with Crippen LogP contribution < -0.4 is 10.6 Å². The van der Waals surface area contributed by atoms with Crippen molar-refractivity contribution in [1.29, 1.82) is 0 Å². The lowest BCUT2D eigenvalue weighted by molar-refractivity contribution is -0.117. The fourth-order valence-corrected chi connectivity index (χ4v) is 1.54. The van der Waals surface area contributed by atoms with Gasteiger partial charge in [-0.2, -0.15) is 0 Å². The molecule has 0 spiro atoms. The van der Waals surface area contributed by atoms with Crippen molar-refractivity contribution in [3.8, 4) is 0 Å². The molecule has 94 valence electrons. The van der Waals surface area contributed by atoms with Crippen LogP contribution in [0.25, 0.3) is 0 Å². The number of cyclic esters (lactones) is 1.